The summed E-state index contributed by atoms with van der Waals surface area (Å²) >= 11 is 3.48. The van der Waals surface area contributed by atoms with E-state index in [0.717, 1.165) is 16.7 Å². The molecule has 0 N–H and O–H groups in total. The van der Waals surface area contributed by atoms with Gasteiger partial charge < -0.3 is 14.4 Å². The standard InChI is InChI=1S/C14H15BrN2O3/c1-19-14(18)7-11-9-17(4-5-20-11)13-3-2-10(8-16)6-12(13)15/h2-3,6,11H,4-5,7,9H2,1H3. The lowest BCUT2D eigenvalue weighted by atomic mass is 10.1. The first-order valence-corrected chi connectivity index (χ1v) is 7.06. The highest BCUT2D eigenvalue weighted by Crippen LogP contribution is 2.29. The number of nitrogens with zero attached hydrogens (tertiary/aromatic N) is 2. The van der Waals surface area contributed by atoms with Gasteiger partial charge in [-0.2, -0.15) is 5.26 Å². The van der Waals surface area contributed by atoms with Gasteiger partial charge in [-0.25, -0.2) is 0 Å². The lowest BCUT2D eigenvalue weighted by molar-refractivity contribution is -0.144. The molecule has 6 heteroatoms. The molecule has 1 aliphatic heterocycles. The Labute approximate surface area is 126 Å². The van der Waals surface area contributed by atoms with Crippen molar-refractivity contribution in [2.75, 3.05) is 31.7 Å². The number of carbonyl (C=O) groups excluding carboxylic acids is 1. The van der Waals surface area contributed by atoms with E-state index < -0.39 is 0 Å². The largest absolute Gasteiger partial charge is 0.469 e. The molecule has 0 amide bonds. The fraction of sp³-hybridized carbons (Fsp3) is 0.429. The number of carbonyl (C=O) groups is 1. The summed E-state index contributed by atoms with van der Waals surface area (Å²) in [6.45, 7) is 1.94. The Hall–Kier alpha value is -1.58. The minimum Gasteiger partial charge on any atom is -0.469 e. The van der Waals surface area contributed by atoms with E-state index in [1.54, 1.807) is 12.1 Å². The van der Waals surface area contributed by atoms with Crippen LogP contribution in [0.3, 0.4) is 0 Å². The maximum absolute atomic E-state index is 11.3. The third-order valence-corrected chi connectivity index (χ3v) is 3.81. The van der Waals surface area contributed by atoms with Crippen LogP contribution in [0.2, 0.25) is 0 Å². The van der Waals surface area contributed by atoms with Gasteiger partial charge in [0.05, 0.1) is 43.6 Å². The molecular formula is C14H15BrN2O3. The quantitative estimate of drug-likeness (QED) is 0.789. The van der Waals surface area contributed by atoms with Gasteiger partial charge >= 0.3 is 5.97 Å². The summed E-state index contributed by atoms with van der Waals surface area (Å²) in [7, 11) is 1.38. The number of hydrogen-bond donors (Lipinski definition) is 0. The zero-order valence-corrected chi connectivity index (χ0v) is 12.7. The number of anilines is 1. The number of hydrogen-bond acceptors (Lipinski definition) is 5. The Morgan fingerprint density at radius 3 is 3.10 bits per heavy atom. The number of nitriles is 1. The summed E-state index contributed by atoms with van der Waals surface area (Å²) in [6, 6.07) is 7.59. The van der Waals surface area contributed by atoms with Crippen molar-refractivity contribution in [3.05, 3.63) is 28.2 Å². The molecule has 0 bridgehead atoms. The topological polar surface area (TPSA) is 62.6 Å². The number of benzene rings is 1. The molecular weight excluding hydrogens is 324 g/mol. The molecule has 1 fully saturated rings. The Kier molecular flexibility index (Phi) is 4.99. The molecule has 20 heavy (non-hydrogen) atoms. The predicted molar refractivity (Wildman–Crippen MR) is 77.4 cm³/mol. The molecule has 2 rings (SSSR count). The van der Waals surface area contributed by atoms with Gasteiger partial charge in [-0.1, -0.05) is 0 Å². The van der Waals surface area contributed by atoms with Gasteiger partial charge in [0, 0.05) is 17.6 Å². The van der Waals surface area contributed by atoms with E-state index in [9.17, 15) is 4.79 Å². The van der Waals surface area contributed by atoms with Crippen LogP contribution in [0.1, 0.15) is 12.0 Å². The molecule has 1 atom stereocenters. The van der Waals surface area contributed by atoms with Crippen LogP contribution >= 0.6 is 15.9 Å². The van der Waals surface area contributed by atoms with Crippen molar-refractivity contribution in [3.63, 3.8) is 0 Å². The first-order valence-electron chi connectivity index (χ1n) is 6.27. The number of ether oxygens (including phenoxy) is 2. The van der Waals surface area contributed by atoms with Crippen molar-refractivity contribution in [3.8, 4) is 6.07 Å². The fourth-order valence-corrected chi connectivity index (χ4v) is 2.79. The van der Waals surface area contributed by atoms with Crippen LogP contribution < -0.4 is 4.90 Å². The summed E-state index contributed by atoms with van der Waals surface area (Å²) < 4.78 is 11.1. The summed E-state index contributed by atoms with van der Waals surface area (Å²) in [4.78, 5) is 13.4. The second-order valence-corrected chi connectivity index (χ2v) is 5.35. The molecule has 5 nitrogen and oxygen atoms in total. The van der Waals surface area contributed by atoms with Gasteiger partial charge in [-0.05, 0) is 34.1 Å². The van der Waals surface area contributed by atoms with E-state index in [1.807, 2.05) is 6.07 Å². The average molecular weight is 339 g/mol. The van der Waals surface area contributed by atoms with E-state index in [4.69, 9.17) is 10.00 Å². The summed E-state index contributed by atoms with van der Waals surface area (Å²) in [6.07, 6.45) is 0.0831. The third-order valence-electron chi connectivity index (χ3n) is 3.18. The lowest BCUT2D eigenvalue weighted by Crippen LogP contribution is -2.43. The van der Waals surface area contributed by atoms with Crippen LogP contribution in [0, 0.1) is 11.3 Å². The number of rotatable bonds is 3. The van der Waals surface area contributed by atoms with Crippen LogP contribution in [-0.4, -0.2) is 38.9 Å². The first-order chi connectivity index (χ1) is 9.63. The predicted octanol–water partition coefficient (Wildman–Crippen LogP) is 2.09. The first kappa shape index (κ1) is 14.8. The third kappa shape index (κ3) is 3.50. The van der Waals surface area contributed by atoms with Crippen molar-refractivity contribution in [1.82, 2.24) is 0 Å². The zero-order chi connectivity index (χ0) is 14.5. The Balaban J connectivity index is 2.09. The average Bonchev–Trinajstić information content (AvgIpc) is 2.47. The number of methoxy groups -OCH3 is 1. The van der Waals surface area contributed by atoms with Crippen LogP contribution in [0.5, 0.6) is 0 Å². The lowest BCUT2D eigenvalue weighted by Gasteiger charge is -2.34. The maximum atomic E-state index is 11.3. The highest BCUT2D eigenvalue weighted by atomic mass is 79.9. The second-order valence-electron chi connectivity index (χ2n) is 4.50. The molecule has 106 valence electrons. The van der Waals surface area contributed by atoms with E-state index in [-0.39, 0.29) is 18.5 Å². The van der Waals surface area contributed by atoms with E-state index in [2.05, 4.69) is 31.6 Å². The normalized spacial score (nSPS) is 18.4. The number of esters is 1. The summed E-state index contributed by atoms with van der Waals surface area (Å²) in [5, 5.41) is 8.88. The van der Waals surface area contributed by atoms with E-state index in [1.165, 1.54) is 7.11 Å². The molecule has 1 aliphatic rings. The van der Waals surface area contributed by atoms with Crippen LogP contribution in [0.25, 0.3) is 0 Å². The molecule has 1 aromatic rings. The minimum absolute atomic E-state index is 0.168. The van der Waals surface area contributed by atoms with Gasteiger partial charge in [0.2, 0.25) is 0 Å². The van der Waals surface area contributed by atoms with Crippen molar-refractivity contribution < 1.29 is 14.3 Å². The number of morpholine rings is 1. The molecule has 1 saturated heterocycles. The summed E-state index contributed by atoms with van der Waals surface area (Å²) in [5.74, 6) is -0.268. The minimum atomic E-state index is -0.268. The van der Waals surface area contributed by atoms with Crippen LogP contribution in [0.4, 0.5) is 5.69 Å². The van der Waals surface area contributed by atoms with E-state index >= 15 is 0 Å². The molecule has 0 aromatic heterocycles. The monoisotopic (exact) mass is 338 g/mol. The van der Waals surface area contributed by atoms with Crippen molar-refractivity contribution in [2.24, 2.45) is 0 Å². The van der Waals surface area contributed by atoms with Crippen LogP contribution in [0.15, 0.2) is 22.7 Å². The van der Waals surface area contributed by atoms with Crippen LogP contribution in [-0.2, 0) is 14.3 Å². The molecule has 1 heterocycles. The van der Waals surface area contributed by atoms with Crippen molar-refractivity contribution in [2.45, 2.75) is 12.5 Å². The smallest absolute Gasteiger partial charge is 0.308 e. The molecule has 0 aliphatic carbocycles. The van der Waals surface area contributed by atoms with Gasteiger partial charge in [0.25, 0.3) is 0 Å². The molecule has 1 aromatic carbocycles. The molecule has 0 spiro atoms. The Morgan fingerprint density at radius 1 is 1.65 bits per heavy atom. The molecule has 1 unspecified atom stereocenters. The molecule has 0 saturated carbocycles. The van der Waals surface area contributed by atoms with E-state index in [0.29, 0.717) is 18.7 Å². The fourth-order valence-electron chi connectivity index (χ4n) is 2.16. The van der Waals surface area contributed by atoms with Gasteiger partial charge in [0.15, 0.2) is 0 Å². The highest BCUT2D eigenvalue weighted by Gasteiger charge is 2.24. The SMILES string of the molecule is COC(=O)CC1CN(c2ccc(C#N)cc2Br)CCO1. The Morgan fingerprint density at radius 2 is 2.45 bits per heavy atom. The van der Waals surface area contributed by atoms with Crippen molar-refractivity contribution in [1.29, 1.82) is 5.26 Å². The van der Waals surface area contributed by atoms with Gasteiger partial charge in [-0.3, -0.25) is 4.79 Å². The summed E-state index contributed by atoms with van der Waals surface area (Å²) in [5.41, 5.74) is 1.61. The molecule has 0 radical (unpaired) electrons. The second kappa shape index (κ2) is 6.73. The van der Waals surface area contributed by atoms with Gasteiger partial charge in [0.1, 0.15) is 0 Å². The zero-order valence-electron chi connectivity index (χ0n) is 11.1. The highest BCUT2D eigenvalue weighted by molar-refractivity contribution is 9.10. The van der Waals surface area contributed by atoms with Gasteiger partial charge in [-0.15, -0.1) is 0 Å². The van der Waals surface area contributed by atoms with Crippen molar-refractivity contribution >= 4 is 27.6 Å². The number of halogens is 1. The Bertz CT molecular complexity index is 542. The maximum Gasteiger partial charge on any atom is 0.308 e.